The van der Waals surface area contributed by atoms with Crippen LogP contribution in [0.25, 0.3) is 5.70 Å². The number of ether oxygens (including phenoxy) is 1. The molecule has 0 aromatic heterocycles. The molecule has 8 heteroatoms. The van der Waals surface area contributed by atoms with Crippen molar-refractivity contribution in [1.29, 1.82) is 0 Å². The summed E-state index contributed by atoms with van der Waals surface area (Å²) in [5, 5.41) is 14.0. The summed E-state index contributed by atoms with van der Waals surface area (Å²) in [6.45, 7) is 1.86. The lowest BCUT2D eigenvalue weighted by atomic mass is 10.0. The molecule has 3 amide bonds. The molecule has 0 saturated heterocycles. The van der Waals surface area contributed by atoms with Gasteiger partial charge in [-0.05, 0) is 36.8 Å². The number of anilines is 1. The second-order valence-corrected chi connectivity index (χ2v) is 6.14. The zero-order chi connectivity index (χ0) is 21.0. The molecular weight excluding hydrogens is 374 g/mol. The molecule has 1 aliphatic rings. The van der Waals surface area contributed by atoms with Gasteiger partial charge in [-0.2, -0.15) is 0 Å². The number of para-hydroxylation sites is 1. The predicted octanol–water partition coefficient (Wildman–Crippen LogP) is 1.85. The van der Waals surface area contributed by atoms with Gasteiger partial charge >= 0.3 is 0 Å². The van der Waals surface area contributed by atoms with Crippen LogP contribution in [0.5, 0.6) is 5.75 Å². The summed E-state index contributed by atoms with van der Waals surface area (Å²) in [5.41, 5.74) is 3.75. The van der Waals surface area contributed by atoms with E-state index in [-0.39, 0.29) is 29.5 Å². The fourth-order valence-electron chi connectivity index (χ4n) is 2.89. The Morgan fingerprint density at radius 3 is 2.76 bits per heavy atom. The van der Waals surface area contributed by atoms with Gasteiger partial charge in [0.25, 0.3) is 11.8 Å². The minimum absolute atomic E-state index is 0.0737. The van der Waals surface area contributed by atoms with Gasteiger partial charge in [-0.3, -0.25) is 19.6 Å². The zero-order valence-corrected chi connectivity index (χ0v) is 15.4. The van der Waals surface area contributed by atoms with Crippen LogP contribution in [0.15, 0.2) is 42.5 Å². The highest BCUT2D eigenvalue weighted by molar-refractivity contribution is 6.15. The van der Waals surface area contributed by atoms with Gasteiger partial charge in [0.15, 0.2) is 0 Å². The number of fused-ring (bicyclic) bond motifs is 1. The van der Waals surface area contributed by atoms with Crippen molar-refractivity contribution in [1.82, 2.24) is 10.8 Å². The highest BCUT2D eigenvalue weighted by Crippen LogP contribution is 2.31. The van der Waals surface area contributed by atoms with Crippen LogP contribution < -0.4 is 20.9 Å². The largest absolute Gasteiger partial charge is 0.481 e. The number of carbonyl (C=O) groups excluding carboxylic acids is 3. The maximum atomic E-state index is 12.5. The smallest absolute Gasteiger partial charge is 0.276 e. The Labute approximate surface area is 166 Å². The summed E-state index contributed by atoms with van der Waals surface area (Å²) in [6, 6.07) is 9.48. The summed E-state index contributed by atoms with van der Waals surface area (Å²) in [6.07, 6.45) is 6.43. The average Bonchev–Trinajstić information content (AvgIpc) is 3.00. The molecular formula is C21H17N3O5. The highest BCUT2D eigenvalue weighted by Gasteiger charge is 2.26. The fraction of sp³-hybridized carbons (Fsp3) is 0.0952. The van der Waals surface area contributed by atoms with Gasteiger partial charge in [-0.25, -0.2) is 5.48 Å². The number of benzene rings is 2. The van der Waals surface area contributed by atoms with Crippen molar-refractivity contribution < 1.29 is 24.3 Å². The first-order chi connectivity index (χ1) is 13.9. The molecule has 8 nitrogen and oxygen atoms in total. The van der Waals surface area contributed by atoms with Crippen LogP contribution in [-0.4, -0.2) is 29.5 Å². The lowest BCUT2D eigenvalue weighted by Gasteiger charge is -2.10. The molecule has 0 radical (unpaired) electrons. The van der Waals surface area contributed by atoms with Gasteiger partial charge in [0.1, 0.15) is 12.4 Å². The van der Waals surface area contributed by atoms with E-state index in [1.807, 2.05) is 0 Å². The minimum Gasteiger partial charge on any atom is -0.481 e. The van der Waals surface area contributed by atoms with Crippen LogP contribution >= 0.6 is 0 Å². The zero-order valence-electron chi connectivity index (χ0n) is 15.4. The number of rotatable bonds is 5. The normalized spacial score (nSPS) is 13.3. The molecule has 0 spiro atoms. The van der Waals surface area contributed by atoms with E-state index in [2.05, 4.69) is 16.6 Å². The first-order valence-corrected chi connectivity index (χ1v) is 8.53. The number of amides is 3. The van der Waals surface area contributed by atoms with E-state index < -0.39 is 11.8 Å². The molecule has 1 aliphatic heterocycles. The Balaban J connectivity index is 1.90. The van der Waals surface area contributed by atoms with E-state index in [1.54, 1.807) is 31.2 Å². The topological polar surface area (TPSA) is 117 Å². The first-order valence-electron chi connectivity index (χ1n) is 8.53. The van der Waals surface area contributed by atoms with Crippen LogP contribution in [0, 0.1) is 19.3 Å². The molecule has 1 heterocycles. The fourth-order valence-corrected chi connectivity index (χ4v) is 2.89. The first kappa shape index (κ1) is 19.7. The SMILES string of the molecule is C#CCOc1cc2c(cc1C)C(=O)N/C2=C\C(=O)Nc1ccccc1C(=O)NO. The standard InChI is InChI=1S/C21H17N3O5/c1-3-8-29-18-10-14-15(9-12(18)2)20(26)23-17(14)11-19(25)22-16-7-5-4-6-13(16)21(27)24-28/h1,4-7,9-11,28H,8H2,2H3,(H,22,25)(H,23,26)(H,24,27)/b17-11-. The Bertz CT molecular complexity index is 1080. The lowest BCUT2D eigenvalue weighted by Crippen LogP contribution is -2.21. The Hall–Kier alpha value is -4.09. The summed E-state index contributed by atoms with van der Waals surface area (Å²) >= 11 is 0. The number of nitrogens with one attached hydrogen (secondary N) is 3. The molecule has 0 aliphatic carbocycles. The molecule has 29 heavy (non-hydrogen) atoms. The van der Waals surface area contributed by atoms with Crippen molar-refractivity contribution in [3.05, 3.63) is 64.7 Å². The molecule has 0 saturated carbocycles. The van der Waals surface area contributed by atoms with E-state index in [9.17, 15) is 14.4 Å². The van der Waals surface area contributed by atoms with Crippen molar-refractivity contribution in [3.8, 4) is 18.1 Å². The Morgan fingerprint density at radius 1 is 1.28 bits per heavy atom. The maximum Gasteiger partial charge on any atom is 0.276 e. The van der Waals surface area contributed by atoms with E-state index in [4.69, 9.17) is 16.4 Å². The number of hydrogen-bond donors (Lipinski definition) is 4. The van der Waals surface area contributed by atoms with Gasteiger partial charge in [0, 0.05) is 17.2 Å². The maximum absolute atomic E-state index is 12.5. The molecule has 4 N–H and O–H groups in total. The highest BCUT2D eigenvalue weighted by atomic mass is 16.5. The van der Waals surface area contributed by atoms with E-state index in [0.29, 0.717) is 16.9 Å². The number of terminal acetylenes is 1. The molecule has 0 bridgehead atoms. The van der Waals surface area contributed by atoms with Gasteiger partial charge < -0.3 is 15.4 Å². The molecule has 3 rings (SSSR count). The average molecular weight is 391 g/mol. The second-order valence-electron chi connectivity index (χ2n) is 6.14. The molecule has 0 fully saturated rings. The van der Waals surface area contributed by atoms with Gasteiger partial charge in [-0.1, -0.05) is 18.1 Å². The lowest BCUT2D eigenvalue weighted by molar-refractivity contribution is -0.111. The predicted molar refractivity (Wildman–Crippen MR) is 105 cm³/mol. The second kappa shape index (κ2) is 8.29. The summed E-state index contributed by atoms with van der Waals surface area (Å²) in [4.78, 5) is 36.4. The van der Waals surface area contributed by atoms with E-state index in [1.165, 1.54) is 23.7 Å². The van der Waals surface area contributed by atoms with Crippen molar-refractivity contribution in [2.75, 3.05) is 11.9 Å². The van der Waals surface area contributed by atoms with Crippen LogP contribution in [0.1, 0.15) is 31.8 Å². The van der Waals surface area contributed by atoms with Crippen LogP contribution in [0.3, 0.4) is 0 Å². The Morgan fingerprint density at radius 2 is 2.03 bits per heavy atom. The van der Waals surface area contributed by atoms with Crippen molar-refractivity contribution in [2.45, 2.75) is 6.92 Å². The number of carbonyl (C=O) groups is 3. The number of hydrogen-bond acceptors (Lipinski definition) is 5. The quantitative estimate of drug-likeness (QED) is 0.269. The summed E-state index contributed by atoms with van der Waals surface area (Å²) in [7, 11) is 0. The minimum atomic E-state index is -0.765. The van der Waals surface area contributed by atoms with Crippen molar-refractivity contribution >= 4 is 29.1 Å². The summed E-state index contributed by atoms with van der Waals surface area (Å²) in [5.74, 6) is 1.21. The summed E-state index contributed by atoms with van der Waals surface area (Å²) < 4.78 is 5.48. The van der Waals surface area contributed by atoms with E-state index in [0.717, 1.165) is 5.56 Å². The van der Waals surface area contributed by atoms with Crippen molar-refractivity contribution in [2.24, 2.45) is 0 Å². The van der Waals surface area contributed by atoms with Crippen LogP contribution in [-0.2, 0) is 4.79 Å². The monoisotopic (exact) mass is 391 g/mol. The molecule has 0 atom stereocenters. The molecule has 2 aromatic rings. The molecule has 2 aromatic carbocycles. The van der Waals surface area contributed by atoms with Crippen LogP contribution in [0.4, 0.5) is 5.69 Å². The third-order valence-corrected chi connectivity index (χ3v) is 4.22. The Kier molecular flexibility index (Phi) is 5.62. The van der Waals surface area contributed by atoms with Gasteiger partial charge in [0.05, 0.1) is 16.9 Å². The van der Waals surface area contributed by atoms with Gasteiger partial charge in [0.2, 0.25) is 5.91 Å². The number of aryl methyl sites for hydroxylation is 1. The van der Waals surface area contributed by atoms with Crippen molar-refractivity contribution in [3.63, 3.8) is 0 Å². The van der Waals surface area contributed by atoms with E-state index >= 15 is 0 Å². The van der Waals surface area contributed by atoms with Gasteiger partial charge in [-0.15, -0.1) is 6.42 Å². The van der Waals surface area contributed by atoms with Crippen LogP contribution in [0.2, 0.25) is 0 Å². The third kappa shape index (κ3) is 4.10. The molecule has 146 valence electrons. The third-order valence-electron chi connectivity index (χ3n) is 4.22. The number of hydroxylamine groups is 1. The molecule has 0 unspecified atom stereocenters.